The Morgan fingerprint density at radius 1 is 1.19 bits per heavy atom. The molecule has 0 amide bonds. The van der Waals surface area contributed by atoms with E-state index in [1.54, 1.807) is 0 Å². The van der Waals surface area contributed by atoms with E-state index in [4.69, 9.17) is 0 Å². The van der Waals surface area contributed by atoms with Gasteiger partial charge in [-0.05, 0) is 37.5 Å². The molecule has 2 heteroatoms. The molecule has 0 N–H and O–H groups in total. The summed E-state index contributed by atoms with van der Waals surface area (Å²) in [6.07, 6.45) is 8.45. The Labute approximate surface area is 98.4 Å². The van der Waals surface area contributed by atoms with E-state index in [0.717, 1.165) is 24.7 Å². The summed E-state index contributed by atoms with van der Waals surface area (Å²) in [7, 11) is 0. The minimum atomic E-state index is 0.519. The SMILES string of the molecule is CC(CN1C2CCCC1CC(=O)C2)C1CC1. The first-order valence-corrected chi connectivity index (χ1v) is 7.01. The summed E-state index contributed by atoms with van der Waals surface area (Å²) in [4.78, 5) is 14.3. The van der Waals surface area contributed by atoms with Gasteiger partial charge in [-0.2, -0.15) is 0 Å². The van der Waals surface area contributed by atoms with Gasteiger partial charge in [0.1, 0.15) is 5.78 Å². The maximum Gasteiger partial charge on any atom is 0.136 e. The predicted octanol–water partition coefficient (Wildman–Crippen LogP) is 2.62. The molecule has 90 valence electrons. The van der Waals surface area contributed by atoms with Gasteiger partial charge in [0, 0.05) is 31.5 Å². The van der Waals surface area contributed by atoms with Crippen LogP contribution in [0.4, 0.5) is 0 Å². The average Bonchev–Trinajstić information content (AvgIpc) is 3.02. The first-order chi connectivity index (χ1) is 7.74. The molecular formula is C14H23NO. The lowest BCUT2D eigenvalue weighted by molar-refractivity contribution is -0.127. The highest BCUT2D eigenvalue weighted by Gasteiger charge is 2.39. The van der Waals surface area contributed by atoms with E-state index >= 15 is 0 Å². The zero-order chi connectivity index (χ0) is 11.1. The van der Waals surface area contributed by atoms with E-state index in [2.05, 4.69) is 11.8 Å². The molecule has 2 heterocycles. The maximum atomic E-state index is 11.6. The number of fused-ring (bicyclic) bond motifs is 2. The summed E-state index contributed by atoms with van der Waals surface area (Å²) in [5.41, 5.74) is 0. The molecule has 0 aromatic heterocycles. The first kappa shape index (κ1) is 10.8. The third-order valence-electron chi connectivity index (χ3n) is 4.86. The molecule has 0 aromatic carbocycles. The van der Waals surface area contributed by atoms with E-state index in [0.29, 0.717) is 17.9 Å². The summed E-state index contributed by atoms with van der Waals surface area (Å²) in [5.74, 6) is 2.37. The summed E-state index contributed by atoms with van der Waals surface area (Å²) < 4.78 is 0. The molecule has 0 aromatic rings. The molecule has 3 rings (SSSR count). The van der Waals surface area contributed by atoms with Gasteiger partial charge >= 0.3 is 0 Å². The second kappa shape index (κ2) is 4.14. The molecule has 3 atom stereocenters. The smallest absolute Gasteiger partial charge is 0.136 e. The van der Waals surface area contributed by atoms with Crippen LogP contribution < -0.4 is 0 Å². The number of piperidine rings is 2. The van der Waals surface area contributed by atoms with Crippen LogP contribution in [0.1, 0.15) is 51.9 Å². The summed E-state index contributed by atoms with van der Waals surface area (Å²) in [6, 6.07) is 1.20. The van der Waals surface area contributed by atoms with Gasteiger partial charge in [-0.25, -0.2) is 0 Å². The van der Waals surface area contributed by atoms with E-state index in [1.807, 2.05) is 0 Å². The quantitative estimate of drug-likeness (QED) is 0.730. The van der Waals surface area contributed by atoms with Gasteiger partial charge in [0.15, 0.2) is 0 Å². The van der Waals surface area contributed by atoms with Crippen molar-refractivity contribution in [1.82, 2.24) is 4.90 Å². The number of carbonyl (C=O) groups excluding carboxylic acids is 1. The molecule has 16 heavy (non-hydrogen) atoms. The van der Waals surface area contributed by atoms with Gasteiger partial charge in [-0.3, -0.25) is 9.69 Å². The molecule has 2 saturated heterocycles. The molecule has 1 aliphatic carbocycles. The second-order valence-corrected chi connectivity index (χ2v) is 6.20. The molecule has 3 fully saturated rings. The van der Waals surface area contributed by atoms with Gasteiger partial charge in [0.25, 0.3) is 0 Å². The zero-order valence-electron chi connectivity index (χ0n) is 10.3. The molecular weight excluding hydrogens is 198 g/mol. The Bertz CT molecular complexity index is 268. The zero-order valence-corrected chi connectivity index (χ0v) is 10.3. The Balaban J connectivity index is 1.66. The van der Waals surface area contributed by atoms with Crippen molar-refractivity contribution < 1.29 is 4.79 Å². The highest BCUT2D eigenvalue weighted by molar-refractivity contribution is 5.80. The van der Waals surface area contributed by atoms with Crippen molar-refractivity contribution in [1.29, 1.82) is 0 Å². The van der Waals surface area contributed by atoms with E-state index < -0.39 is 0 Å². The minimum absolute atomic E-state index is 0.519. The Morgan fingerprint density at radius 2 is 1.81 bits per heavy atom. The van der Waals surface area contributed by atoms with Crippen molar-refractivity contribution in [2.45, 2.75) is 64.0 Å². The number of hydrogen-bond acceptors (Lipinski definition) is 2. The van der Waals surface area contributed by atoms with Gasteiger partial charge in [-0.1, -0.05) is 13.3 Å². The van der Waals surface area contributed by atoms with Crippen LogP contribution in [0.3, 0.4) is 0 Å². The third kappa shape index (κ3) is 2.04. The van der Waals surface area contributed by atoms with Crippen LogP contribution in [0.2, 0.25) is 0 Å². The summed E-state index contributed by atoms with van der Waals surface area (Å²) in [6.45, 7) is 3.66. The number of Topliss-reactive ketones (excluding diaryl/α,β-unsaturated/α-hetero) is 1. The van der Waals surface area contributed by atoms with Crippen LogP contribution in [-0.2, 0) is 4.79 Å². The van der Waals surface area contributed by atoms with E-state index in [1.165, 1.54) is 38.6 Å². The lowest BCUT2D eigenvalue weighted by Gasteiger charge is -2.46. The van der Waals surface area contributed by atoms with Crippen molar-refractivity contribution in [3.63, 3.8) is 0 Å². The molecule has 1 saturated carbocycles. The van der Waals surface area contributed by atoms with Crippen molar-refractivity contribution in [2.75, 3.05) is 6.54 Å². The van der Waals surface area contributed by atoms with Crippen molar-refractivity contribution in [2.24, 2.45) is 11.8 Å². The first-order valence-electron chi connectivity index (χ1n) is 7.01. The van der Waals surface area contributed by atoms with Crippen molar-refractivity contribution in [3.8, 4) is 0 Å². The minimum Gasteiger partial charge on any atom is -0.300 e. The molecule has 0 radical (unpaired) electrons. The number of nitrogens with zero attached hydrogens (tertiary/aromatic N) is 1. The van der Waals surface area contributed by atoms with Crippen LogP contribution in [0, 0.1) is 11.8 Å². The van der Waals surface area contributed by atoms with E-state index in [9.17, 15) is 4.79 Å². The van der Waals surface area contributed by atoms with Crippen LogP contribution >= 0.6 is 0 Å². The summed E-state index contributed by atoms with van der Waals surface area (Å²) in [5, 5.41) is 0. The van der Waals surface area contributed by atoms with E-state index in [-0.39, 0.29) is 0 Å². The largest absolute Gasteiger partial charge is 0.300 e. The third-order valence-corrected chi connectivity index (χ3v) is 4.86. The fourth-order valence-corrected chi connectivity index (χ4v) is 3.71. The topological polar surface area (TPSA) is 20.3 Å². The Kier molecular flexibility index (Phi) is 2.78. The highest BCUT2D eigenvalue weighted by Crippen LogP contribution is 2.39. The predicted molar refractivity (Wildman–Crippen MR) is 64.3 cm³/mol. The monoisotopic (exact) mass is 221 g/mol. The van der Waals surface area contributed by atoms with Crippen LogP contribution in [0.15, 0.2) is 0 Å². The number of carbonyl (C=O) groups is 1. The molecule has 3 unspecified atom stereocenters. The van der Waals surface area contributed by atoms with Gasteiger partial charge < -0.3 is 0 Å². The second-order valence-electron chi connectivity index (χ2n) is 6.20. The number of ketones is 1. The number of rotatable bonds is 3. The van der Waals surface area contributed by atoms with Crippen LogP contribution in [0.25, 0.3) is 0 Å². The average molecular weight is 221 g/mol. The Hall–Kier alpha value is -0.370. The molecule has 2 nitrogen and oxygen atoms in total. The van der Waals surface area contributed by atoms with Gasteiger partial charge in [-0.15, -0.1) is 0 Å². The fraction of sp³-hybridized carbons (Fsp3) is 0.929. The molecule has 3 aliphatic rings. The van der Waals surface area contributed by atoms with Crippen molar-refractivity contribution in [3.05, 3.63) is 0 Å². The maximum absolute atomic E-state index is 11.6. The standard InChI is InChI=1S/C14H23NO/c1-10(11-5-6-11)9-15-12-3-2-4-13(15)8-14(16)7-12/h10-13H,2-9H2,1H3. The molecule has 2 aliphatic heterocycles. The molecule has 0 spiro atoms. The summed E-state index contributed by atoms with van der Waals surface area (Å²) >= 11 is 0. The highest BCUT2D eigenvalue weighted by atomic mass is 16.1. The van der Waals surface area contributed by atoms with Crippen LogP contribution in [0.5, 0.6) is 0 Å². The normalized spacial score (nSPS) is 37.4. The lowest BCUT2D eigenvalue weighted by atomic mass is 9.83. The van der Waals surface area contributed by atoms with Gasteiger partial charge in [0.2, 0.25) is 0 Å². The molecule has 2 bridgehead atoms. The van der Waals surface area contributed by atoms with Gasteiger partial charge in [0.05, 0.1) is 0 Å². The number of hydrogen-bond donors (Lipinski definition) is 0. The van der Waals surface area contributed by atoms with Crippen LogP contribution in [-0.4, -0.2) is 29.3 Å². The lowest BCUT2D eigenvalue weighted by Crippen LogP contribution is -2.53. The fourth-order valence-electron chi connectivity index (χ4n) is 3.71. The Morgan fingerprint density at radius 3 is 2.38 bits per heavy atom. The van der Waals surface area contributed by atoms with Crippen molar-refractivity contribution >= 4 is 5.78 Å².